The number of nitrogen functional groups attached to an aromatic ring is 1. The lowest BCUT2D eigenvalue weighted by Crippen LogP contribution is -2.44. The Morgan fingerprint density at radius 2 is 1.05 bits per heavy atom. The van der Waals surface area contributed by atoms with Gasteiger partial charge in [0.1, 0.15) is 11.5 Å². The van der Waals surface area contributed by atoms with E-state index in [1.54, 1.807) is 14.2 Å². The van der Waals surface area contributed by atoms with Crippen LogP contribution in [0.25, 0.3) is 44.1 Å². The number of rotatable bonds is 13. The first-order chi connectivity index (χ1) is 36.4. The molecule has 2 aliphatic heterocycles. The van der Waals surface area contributed by atoms with E-state index in [1.165, 1.54) is 6.08 Å². The van der Waals surface area contributed by atoms with Crippen LogP contribution in [0.3, 0.4) is 0 Å². The third kappa shape index (κ3) is 14.0. The van der Waals surface area contributed by atoms with Gasteiger partial charge in [-0.25, -0.2) is 19.9 Å². The van der Waals surface area contributed by atoms with Crippen molar-refractivity contribution in [3.63, 3.8) is 0 Å². The fraction of sp³-hybridized carbons (Fsp3) is 0.220. The average Bonchev–Trinajstić information content (AvgIpc) is 3.44. The number of carbonyl (C=O) groups is 2. The van der Waals surface area contributed by atoms with Crippen LogP contribution in [0.5, 0.6) is 11.5 Å². The first kappa shape index (κ1) is 55.2. The molecule has 0 bridgehead atoms. The highest BCUT2D eigenvalue weighted by Crippen LogP contribution is 2.36. The molecule has 0 atom stereocenters. The summed E-state index contributed by atoms with van der Waals surface area (Å²) in [6.07, 6.45) is 5.94. The van der Waals surface area contributed by atoms with Crippen LogP contribution in [0.2, 0.25) is 0 Å². The van der Waals surface area contributed by atoms with Crippen LogP contribution < -0.4 is 41.0 Å². The molecule has 16 nitrogen and oxygen atoms in total. The maximum Gasteiger partial charge on any atom is 0.247 e. The molecule has 2 aromatic heterocycles. The quantitative estimate of drug-likeness (QED) is 0.0486. The molecule has 4 heterocycles. The molecule has 0 spiro atoms. The third-order valence-electron chi connectivity index (χ3n) is 12.8. The standard InChI is InChI=1S/C29H30N6O2.C26H28N6O.C3H3ClO.CH4/c1-4-27(36)31-22-9-5-7-20(17-22)24-10-6-8-21-19-30-29(33-28(21)24)32-25-12-11-23(18-26(25)37-3)35-15-13-34(2)14-16-35;1-31-11-13-32(14-12-31)21-9-10-23(24(16-21)33-2)29-26-28-17-19-6-4-8-22(25(19)30-26)18-5-3-7-20(27)15-18;1-2-3(4)5;/h4-12,17-19H,1,13-16H2,2-3H3,(H,31,36)(H,30,32,33);3-10,15-17H,11-14,27H2,1-2H3,(H,28,29,30);2H,1H2;1H4. The van der Waals surface area contributed by atoms with Gasteiger partial charge in [-0.05, 0) is 97.5 Å². The summed E-state index contributed by atoms with van der Waals surface area (Å²) in [6, 6.07) is 40.0. The van der Waals surface area contributed by atoms with Crippen LogP contribution in [0.15, 0.2) is 159 Å². The molecule has 2 aliphatic rings. The number of nitrogens with zero attached hydrogens (tertiary/aromatic N) is 8. The molecule has 1 amide bonds. The van der Waals surface area contributed by atoms with Crippen LogP contribution >= 0.6 is 11.6 Å². The van der Waals surface area contributed by atoms with Gasteiger partial charge in [0.2, 0.25) is 23.0 Å². The first-order valence-corrected chi connectivity index (χ1v) is 24.8. The predicted octanol–water partition coefficient (Wildman–Crippen LogP) is 10.9. The summed E-state index contributed by atoms with van der Waals surface area (Å²) in [6.45, 7) is 14.8. The number of carbonyl (C=O) groups excluding carboxylic acids is 2. The summed E-state index contributed by atoms with van der Waals surface area (Å²) in [5, 5.41) is 10.9. The number of methoxy groups -OCH3 is 2. The van der Waals surface area contributed by atoms with Gasteiger partial charge in [-0.3, -0.25) is 9.59 Å². The topological polar surface area (TPSA) is 179 Å². The van der Waals surface area contributed by atoms with E-state index in [1.807, 2.05) is 103 Å². The van der Waals surface area contributed by atoms with Gasteiger partial charge < -0.3 is 50.8 Å². The zero-order valence-corrected chi connectivity index (χ0v) is 43.3. The average molecular weight is 1040 g/mol. The molecule has 6 aromatic carbocycles. The number of para-hydroxylation sites is 2. The van der Waals surface area contributed by atoms with E-state index in [0.29, 0.717) is 17.6 Å². The number of piperazine rings is 2. The van der Waals surface area contributed by atoms with Gasteiger partial charge in [0, 0.05) is 122 Å². The van der Waals surface area contributed by atoms with Gasteiger partial charge in [0.25, 0.3) is 0 Å². The summed E-state index contributed by atoms with van der Waals surface area (Å²) in [5.74, 6) is 2.24. The second-order valence-electron chi connectivity index (χ2n) is 17.9. The number of fused-ring (bicyclic) bond motifs is 2. The van der Waals surface area contributed by atoms with Gasteiger partial charge in [-0.2, -0.15) is 0 Å². The molecule has 5 N–H and O–H groups in total. The van der Waals surface area contributed by atoms with Crippen molar-refractivity contribution in [3.8, 4) is 33.8 Å². The van der Waals surface area contributed by atoms with Crippen molar-refractivity contribution in [2.45, 2.75) is 7.43 Å². The second kappa shape index (κ2) is 26.1. The highest BCUT2D eigenvalue weighted by atomic mass is 35.5. The number of aromatic nitrogens is 4. The number of hydrogen-bond donors (Lipinski definition) is 4. The molecule has 17 heteroatoms. The molecule has 0 aliphatic carbocycles. The van der Waals surface area contributed by atoms with Gasteiger partial charge in [0.05, 0.1) is 36.6 Å². The minimum Gasteiger partial charge on any atom is -0.494 e. The summed E-state index contributed by atoms with van der Waals surface area (Å²) in [5.41, 5.74) is 17.0. The molecule has 2 fully saturated rings. The van der Waals surface area contributed by atoms with Crippen LogP contribution in [0, 0.1) is 0 Å². The molecule has 10 rings (SSSR count). The van der Waals surface area contributed by atoms with Crippen molar-refractivity contribution in [2.75, 3.05) is 112 Å². The highest BCUT2D eigenvalue weighted by molar-refractivity contribution is 6.66. The van der Waals surface area contributed by atoms with Crippen molar-refractivity contribution >= 4 is 90.6 Å². The number of allylic oxidation sites excluding steroid dienone is 1. The van der Waals surface area contributed by atoms with Crippen LogP contribution in [0.4, 0.5) is 46.0 Å². The molecule has 0 radical (unpaired) electrons. The van der Waals surface area contributed by atoms with Gasteiger partial charge in [0.15, 0.2) is 0 Å². The number of halogens is 1. The molecular formula is C59H65ClN12O4. The van der Waals surface area contributed by atoms with E-state index in [0.717, 1.165) is 142 Å². The Bertz CT molecular complexity index is 3320. The van der Waals surface area contributed by atoms with Crippen molar-refractivity contribution in [2.24, 2.45) is 0 Å². The first-order valence-electron chi connectivity index (χ1n) is 24.4. The second-order valence-corrected chi connectivity index (χ2v) is 18.3. The van der Waals surface area contributed by atoms with Gasteiger partial charge >= 0.3 is 0 Å². The Morgan fingerprint density at radius 1 is 0.605 bits per heavy atom. The number of nitrogens with two attached hydrogens (primary N) is 1. The number of likely N-dealkylation sites (N-methyl/N-ethyl adjacent to an activating group) is 2. The normalized spacial score (nSPS) is 13.4. The summed E-state index contributed by atoms with van der Waals surface area (Å²) in [4.78, 5) is 49.4. The number of benzene rings is 6. The number of nitrogens with one attached hydrogen (secondary N) is 3. The zero-order chi connectivity index (χ0) is 52.8. The maximum absolute atomic E-state index is 11.8. The van der Waals surface area contributed by atoms with E-state index in [2.05, 4.69) is 103 Å². The number of anilines is 8. The lowest BCUT2D eigenvalue weighted by molar-refractivity contribution is -0.112. The molecule has 0 unspecified atom stereocenters. The lowest BCUT2D eigenvalue weighted by Gasteiger charge is -2.34. The largest absolute Gasteiger partial charge is 0.494 e. The van der Waals surface area contributed by atoms with Crippen LogP contribution in [-0.2, 0) is 9.59 Å². The van der Waals surface area contributed by atoms with Crippen molar-refractivity contribution < 1.29 is 19.1 Å². The minimum absolute atomic E-state index is 0. The smallest absolute Gasteiger partial charge is 0.247 e. The lowest BCUT2D eigenvalue weighted by atomic mass is 10.0. The van der Waals surface area contributed by atoms with E-state index < -0.39 is 5.24 Å². The molecule has 76 heavy (non-hydrogen) atoms. The fourth-order valence-corrected chi connectivity index (χ4v) is 8.69. The molecular weight excluding hydrogens is 976 g/mol. The molecule has 0 saturated carbocycles. The van der Waals surface area contributed by atoms with E-state index in [4.69, 9.17) is 36.8 Å². The Labute approximate surface area is 449 Å². The summed E-state index contributed by atoms with van der Waals surface area (Å²) < 4.78 is 11.4. The summed E-state index contributed by atoms with van der Waals surface area (Å²) in [7, 11) is 7.67. The SMILES string of the molecule is C.C=CC(=O)Cl.C=CC(=O)Nc1cccc(-c2cccc3cnc(Nc4ccc(N5CCN(C)CC5)cc4OC)nc23)c1.COc1cc(N2CCN(C)CC2)ccc1Nc1ncc2cccc(-c3cccc(N)c3)c2n1. The zero-order valence-electron chi connectivity index (χ0n) is 42.6. The Balaban J connectivity index is 0.000000202. The van der Waals surface area contributed by atoms with Crippen molar-refractivity contribution in [1.29, 1.82) is 0 Å². The number of ether oxygens (including phenoxy) is 2. The molecule has 392 valence electrons. The highest BCUT2D eigenvalue weighted by Gasteiger charge is 2.19. The monoisotopic (exact) mass is 1040 g/mol. The fourth-order valence-electron chi connectivity index (χ4n) is 8.69. The van der Waals surface area contributed by atoms with Crippen molar-refractivity contribution in [1.82, 2.24) is 29.7 Å². The Morgan fingerprint density at radius 3 is 1.49 bits per heavy atom. The maximum atomic E-state index is 11.8. The number of amides is 1. The molecule has 2 saturated heterocycles. The molecule has 8 aromatic rings. The van der Waals surface area contributed by atoms with Crippen LogP contribution in [-0.4, -0.2) is 122 Å². The van der Waals surface area contributed by atoms with Gasteiger partial charge in [-0.1, -0.05) is 81.2 Å². The van der Waals surface area contributed by atoms with Crippen LogP contribution in [0.1, 0.15) is 7.43 Å². The van der Waals surface area contributed by atoms with Gasteiger partial charge in [-0.15, -0.1) is 0 Å². The Hall–Kier alpha value is -8.57. The summed E-state index contributed by atoms with van der Waals surface area (Å²) >= 11 is 4.71. The van der Waals surface area contributed by atoms with E-state index in [-0.39, 0.29) is 13.3 Å². The predicted molar refractivity (Wildman–Crippen MR) is 313 cm³/mol. The van der Waals surface area contributed by atoms with E-state index in [9.17, 15) is 9.59 Å². The van der Waals surface area contributed by atoms with E-state index >= 15 is 0 Å². The Kier molecular flexibility index (Phi) is 18.9. The third-order valence-corrected chi connectivity index (χ3v) is 13.0. The number of hydrogen-bond acceptors (Lipinski definition) is 15. The minimum atomic E-state index is -0.509. The van der Waals surface area contributed by atoms with Crippen molar-refractivity contribution in [3.05, 3.63) is 159 Å².